The van der Waals surface area contributed by atoms with Crippen molar-refractivity contribution in [2.24, 2.45) is 0 Å². The largest absolute Gasteiger partial charge is 0.506 e. The number of phenolic OH excluding ortho intramolecular Hbond substituents is 1. The zero-order chi connectivity index (χ0) is 19.7. The SMILES string of the molecule is Oc1cc(-c2cccc(Nc3cccc(C(F)(F)F)c3)c2)cc2cncnc12. The highest BCUT2D eigenvalue weighted by Crippen LogP contribution is 2.33. The minimum Gasteiger partial charge on any atom is -0.506 e. The van der Waals surface area contributed by atoms with Gasteiger partial charge in [0.05, 0.1) is 5.56 Å². The summed E-state index contributed by atoms with van der Waals surface area (Å²) in [6, 6.07) is 15.6. The lowest BCUT2D eigenvalue weighted by Gasteiger charge is -2.12. The Bertz CT molecular complexity index is 1160. The minimum atomic E-state index is -4.40. The lowest BCUT2D eigenvalue weighted by atomic mass is 10.0. The van der Waals surface area contributed by atoms with Crippen LogP contribution in [0.25, 0.3) is 22.0 Å². The molecule has 4 rings (SSSR count). The molecule has 0 atom stereocenters. The number of fused-ring (bicyclic) bond motifs is 1. The van der Waals surface area contributed by atoms with E-state index in [9.17, 15) is 18.3 Å². The number of hydrogen-bond donors (Lipinski definition) is 2. The molecule has 7 heteroatoms. The lowest BCUT2D eigenvalue weighted by Crippen LogP contribution is -2.05. The van der Waals surface area contributed by atoms with Gasteiger partial charge in [-0.2, -0.15) is 13.2 Å². The summed E-state index contributed by atoms with van der Waals surface area (Å²) >= 11 is 0. The Morgan fingerprint density at radius 2 is 1.61 bits per heavy atom. The number of phenols is 1. The van der Waals surface area contributed by atoms with Gasteiger partial charge in [-0.15, -0.1) is 0 Å². The number of nitrogens with zero attached hydrogens (tertiary/aromatic N) is 2. The second-order valence-electron chi connectivity index (χ2n) is 6.24. The fraction of sp³-hybridized carbons (Fsp3) is 0.0476. The van der Waals surface area contributed by atoms with Gasteiger partial charge >= 0.3 is 6.18 Å². The molecule has 0 radical (unpaired) electrons. The Morgan fingerprint density at radius 3 is 2.39 bits per heavy atom. The van der Waals surface area contributed by atoms with Crippen LogP contribution in [0.15, 0.2) is 73.2 Å². The van der Waals surface area contributed by atoms with E-state index < -0.39 is 11.7 Å². The maximum atomic E-state index is 12.9. The third-order valence-corrected chi connectivity index (χ3v) is 4.26. The van der Waals surface area contributed by atoms with Crippen LogP contribution in [0, 0.1) is 0 Å². The van der Waals surface area contributed by atoms with Crippen LogP contribution in [-0.4, -0.2) is 15.1 Å². The van der Waals surface area contributed by atoms with Gasteiger partial charge in [0.2, 0.25) is 0 Å². The average molecular weight is 381 g/mol. The van der Waals surface area contributed by atoms with Crippen molar-refractivity contribution < 1.29 is 18.3 Å². The molecule has 0 unspecified atom stereocenters. The molecule has 140 valence electrons. The molecule has 1 heterocycles. The van der Waals surface area contributed by atoms with E-state index >= 15 is 0 Å². The molecule has 4 aromatic rings. The standard InChI is InChI=1S/C21H14F3N3O/c22-21(23,24)16-4-2-6-18(10-16)27-17-5-1-3-13(8-17)14-7-15-11-25-12-26-20(15)19(28)9-14/h1-12,27-28H. The molecule has 0 saturated heterocycles. The number of alkyl halides is 3. The molecule has 1 aromatic heterocycles. The molecule has 0 saturated carbocycles. The normalized spacial score (nSPS) is 11.5. The molecule has 0 spiro atoms. The second-order valence-corrected chi connectivity index (χ2v) is 6.24. The highest BCUT2D eigenvalue weighted by Gasteiger charge is 2.30. The number of halogens is 3. The quantitative estimate of drug-likeness (QED) is 0.473. The van der Waals surface area contributed by atoms with E-state index in [4.69, 9.17) is 0 Å². The summed E-state index contributed by atoms with van der Waals surface area (Å²) in [5.41, 5.74) is 2.23. The van der Waals surface area contributed by atoms with Crippen molar-refractivity contribution in [3.8, 4) is 16.9 Å². The van der Waals surface area contributed by atoms with Gasteiger partial charge in [0.15, 0.2) is 0 Å². The van der Waals surface area contributed by atoms with E-state index in [-0.39, 0.29) is 5.75 Å². The monoisotopic (exact) mass is 381 g/mol. The number of anilines is 2. The first-order chi connectivity index (χ1) is 13.4. The van der Waals surface area contributed by atoms with Gasteiger partial charge in [-0.3, -0.25) is 0 Å². The van der Waals surface area contributed by atoms with Crippen LogP contribution in [0.4, 0.5) is 24.5 Å². The summed E-state index contributed by atoms with van der Waals surface area (Å²) in [5.74, 6) is 0.0335. The summed E-state index contributed by atoms with van der Waals surface area (Å²) < 4.78 is 38.7. The van der Waals surface area contributed by atoms with Crippen LogP contribution >= 0.6 is 0 Å². The Labute approximate surface area is 158 Å². The molecule has 0 aliphatic rings. The first-order valence-corrected chi connectivity index (χ1v) is 8.37. The maximum absolute atomic E-state index is 12.9. The highest BCUT2D eigenvalue weighted by molar-refractivity contribution is 5.89. The van der Waals surface area contributed by atoms with Crippen LogP contribution < -0.4 is 5.32 Å². The summed E-state index contributed by atoms with van der Waals surface area (Å²) in [6.45, 7) is 0. The van der Waals surface area contributed by atoms with Gasteiger partial charge in [0.25, 0.3) is 0 Å². The number of aromatic hydroxyl groups is 1. The maximum Gasteiger partial charge on any atom is 0.416 e. The first kappa shape index (κ1) is 17.8. The van der Waals surface area contributed by atoms with E-state index in [2.05, 4.69) is 15.3 Å². The smallest absolute Gasteiger partial charge is 0.416 e. The van der Waals surface area contributed by atoms with E-state index in [1.807, 2.05) is 12.1 Å². The number of rotatable bonds is 3. The highest BCUT2D eigenvalue weighted by atomic mass is 19.4. The molecule has 2 N–H and O–H groups in total. The van der Waals surface area contributed by atoms with Crippen LogP contribution in [0.2, 0.25) is 0 Å². The van der Waals surface area contributed by atoms with Crippen LogP contribution in [0.3, 0.4) is 0 Å². The summed E-state index contributed by atoms with van der Waals surface area (Å²) in [4.78, 5) is 8.02. The Kier molecular flexibility index (Phi) is 4.35. The molecular weight excluding hydrogens is 367 g/mol. The fourth-order valence-corrected chi connectivity index (χ4v) is 2.97. The van der Waals surface area contributed by atoms with E-state index in [1.165, 1.54) is 12.4 Å². The molecule has 3 aromatic carbocycles. The van der Waals surface area contributed by atoms with E-state index in [0.29, 0.717) is 22.3 Å². The van der Waals surface area contributed by atoms with Crippen molar-refractivity contribution in [2.75, 3.05) is 5.32 Å². The molecule has 0 aliphatic carbocycles. The zero-order valence-electron chi connectivity index (χ0n) is 14.4. The van der Waals surface area contributed by atoms with Crippen molar-refractivity contribution in [1.82, 2.24) is 9.97 Å². The Morgan fingerprint density at radius 1 is 0.857 bits per heavy atom. The third-order valence-electron chi connectivity index (χ3n) is 4.26. The molecule has 0 aliphatic heterocycles. The lowest BCUT2D eigenvalue weighted by molar-refractivity contribution is -0.137. The predicted molar refractivity (Wildman–Crippen MR) is 101 cm³/mol. The van der Waals surface area contributed by atoms with Gasteiger partial charge in [-0.05, 0) is 53.6 Å². The van der Waals surface area contributed by atoms with Gasteiger partial charge in [-0.1, -0.05) is 18.2 Å². The summed E-state index contributed by atoms with van der Waals surface area (Å²) in [7, 11) is 0. The van der Waals surface area contributed by atoms with Crippen molar-refractivity contribution in [3.63, 3.8) is 0 Å². The Hall–Kier alpha value is -3.61. The molecule has 28 heavy (non-hydrogen) atoms. The Balaban J connectivity index is 1.67. The number of benzene rings is 3. The fourth-order valence-electron chi connectivity index (χ4n) is 2.97. The minimum absolute atomic E-state index is 0.0335. The van der Waals surface area contributed by atoms with Gasteiger partial charge < -0.3 is 10.4 Å². The molecule has 0 fully saturated rings. The molecule has 4 nitrogen and oxygen atoms in total. The second kappa shape index (κ2) is 6.84. The number of aromatic nitrogens is 2. The van der Waals surface area contributed by atoms with Crippen LogP contribution in [0.5, 0.6) is 5.75 Å². The van der Waals surface area contributed by atoms with Crippen LogP contribution in [0.1, 0.15) is 5.56 Å². The number of nitrogens with one attached hydrogen (secondary N) is 1. The van der Waals surface area contributed by atoms with E-state index in [0.717, 1.165) is 23.3 Å². The van der Waals surface area contributed by atoms with E-state index in [1.54, 1.807) is 36.5 Å². The summed E-state index contributed by atoms with van der Waals surface area (Å²) in [6.07, 6.45) is -1.43. The molecule has 0 amide bonds. The number of hydrogen-bond acceptors (Lipinski definition) is 4. The summed E-state index contributed by atoms with van der Waals surface area (Å²) in [5, 5.41) is 13.9. The van der Waals surface area contributed by atoms with Crippen molar-refractivity contribution >= 4 is 22.3 Å². The molecule has 0 bridgehead atoms. The van der Waals surface area contributed by atoms with Gasteiger partial charge in [0.1, 0.15) is 17.6 Å². The van der Waals surface area contributed by atoms with Gasteiger partial charge in [-0.25, -0.2) is 9.97 Å². The van der Waals surface area contributed by atoms with Crippen LogP contribution in [-0.2, 0) is 6.18 Å². The van der Waals surface area contributed by atoms with Crippen molar-refractivity contribution in [2.45, 2.75) is 6.18 Å². The van der Waals surface area contributed by atoms with Crippen molar-refractivity contribution in [3.05, 3.63) is 78.8 Å². The van der Waals surface area contributed by atoms with Crippen molar-refractivity contribution in [1.29, 1.82) is 0 Å². The molecular formula is C21H14F3N3O. The predicted octanol–water partition coefficient (Wildman–Crippen LogP) is 5.76. The zero-order valence-corrected chi connectivity index (χ0v) is 14.4. The third kappa shape index (κ3) is 3.59. The first-order valence-electron chi connectivity index (χ1n) is 8.37. The topological polar surface area (TPSA) is 58.0 Å². The average Bonchev–Trinajstić information content (AvgIpc) is 2.68. The van der Waals surface area contributed by atoms with Gasteiger partial charge in [0, 0.05) is 23.0 Å².